The van der Waals surface area contributed by atoms with Gasteiger partial charge in [0.25, 0.3) is 5.91 Å². The summed E-state index contributed by atoms with van der Waals surface area (Å²) in [5, 5.41) is 10.5. The van der Waals surface area contributed by atoms with Crippen molar-refractivity contribution >= 4 is 11.6 Å². The molecule has 0 aliphatic carbocycles. The Bertz CT molecular complexity index is 618. The highest BCUT2D eigenvalue weighted by Gasteiger charge is 2.10. The Morgan fingerprint density at radius 2 is 2.05 bits per heavy atom. The minimum Gasteiger partial charge on any atom is -0.378 e. The summed E-state index contributed by atoms with van der Waals surface area (Å²) in [7, 11) is 1.90. The van der Waals surface area contributed by atoms with E-state index in [0.717, 1.165) is 11.3 Å². The van der Waals surface area contributed by atoms with Crippen molar-refractivity contribution in [2.75, 3.05) is 5.32 Å². The van der Waals surface area contributed by atoms with Gasteiger partial charge in [0.05, 0.1) is 12.2 Å². The molecule has 0 bridgehead atoms. The van der Waals surface area contributed by atoms with Gasteiger partial charge in [0.15, 0.2) is 0 Å². The maximum atomic E-state index is 12.0. The monoisotopic (exact) mass is 286 g/mol. The molecule has 1 heterocycles. The summed E-state index contributed by atoms with van der Waals surface area (Å²) in [4.78, 5) is 12.0. The third-order valence-corrected chi connectivity index (χ3v) is 3.15. The van der Waals surface area contributed by atoms with Gasteiger partial charge in [-0.1, -0.05) is 6.07 Å². The first kappa shape index (κ1) is 15.1. The lowest BCUT2D eigenvalue weighted by molar-refractivity contribution is 0.0943. The molecule has 2 aromatic rings. The summed E-state index contributed by atoms with van der Waals surface area (Å²) in [6.45, 7) is 5.97. The molecule has 1 amide bonds. The van der Waals surface area contributed by atoms with Gasteiger partial charge in [0.2, 0.25) is 0 Å². The zero-order chi connectivity index (χ0) is 15.4. The lowest BCUT2D eigenvalue weighted by Gasteiger charge is -2.15. The van der Waals surface area contributed by atoms with Gasteiger partial charge in [-0.3, -0.25) is 9.48 Å². The van der Waals surface area contributed by atoms with Crippen LogP contribution in [0.4, 0.5) is 5.69 Å². The van der Waals surface area contributed by atoms with Crippen LogP contribution in [0.15, 0.2) is 36.7 Å². The number of aromatic nitrogens is 2. The van der Waals surface area contributed by atoms with E-state index in [1.165, 1.54) is 0 Å². The molecule has 2 N–H and O–H groups in total. The molecular weight excluding hydrogens is 264 g/mol. The van der Waals surface area contributed by atoms with Crippen molar-refractivity contribution < 1.29 is 4.79 Å². The zero-order valence-corrected chi connectivity index (χ0v) is 12.9. The molecule has 0 fully saturated rings. The molecule has 5 nitrogen and oxygen atoms in total. The number of hydrogen-bond acceptors (Lipinski definition) is 3. The van der Waals surface area contributed by atoms with Gasteiger partial charge in [0, 0.05) is 36.1 Å². The summed E-state index contributed by atoms with van der Waals surface area (Å²) in [5.74, 6) is -0.0531. The van der Waals surface area contributed by atoms with Crippen molar-refractivity contribution in [1.29, 1.82) is 0 Å². The Morgan fingerprint density at radius 1 is 1.29 bits per heavy atom. The van der Waals surface area contributed by atoms with E-state index >= 15 is 0 Å². The highest BCUT2D eigenvalue weighted by molar-refractivity contribution is 5.95. The second-order valence-electron chi connectivity index (χ2n) is 5.52. The van der Waals surface area contributed by atoms with Gasteiger partial charge in [0.1, 0.15) is 0 Å². The molecule has 0 aliphatic heterocycles. The highest BCUT2D eigenvalue weighted by Crippen LogP contribution is 2.19. The summed E-state index contributed by atoms with van der Waals surface area (Å²) in [6, 6.07) is 7.78. The van der Waals surface area contributed by atoms with Crippen LogP contribution in [-0.2, 0) is 7.05 Å². The second kappa shape index (κ2) is 6.43. The summed E-state index contributed by atoms with van der Waals surface area (Å²) >= 11 is 0. The SMILES string of the molecule is CC(C)NC(=O)c1cccc(NC(C)c2cnn(C)c2)c1. The summed E-state index contributed by atoms with van der Waals surface area (Å²) in [5.41, 5.74) is 2.68. The van der Waals surface area contributed by atoms with Crippen LogP contribution in [0.5, 0.6) is 0 Å². The zero-order valence-electron chi connectivity index (χ0n) is 12.9. The number of benzene rings is 1. The quantitative estimate of drug-likeness (QED) is 0.888. The van der Waals surface area contributed by atoms with Crippen molar-refractivity contribution in [2.24, 2.45) is 7.05 Å². The molecule has 0 spiro atoms. The first-order chi connectivity index (χ1) is 9.95. The van der Waals surface area contributed by atoms with Gasteiger partial charge < -0.3 is 10.6 Å². The molecule has 1 aromatic heterocycles. The normalized spacial score (nSPS) is 12.2. The van der Waals surface area contributed by atoms with Crippen molar-refractivity contribution in [2.45, 2.75) is 32.9 Å². The van der Waals surface area contributed by atoms with E-state index < -0.39 is 0 Å². The number of nitrogens with one attached hydrogen (secondary N) is 2. The molecule has 0 saturated heterocycles. The Kier molecular flexibility index (Phi) is 4.62. The number of carbonyl (C=O) groups is 1. The molecule has 0 radical (unpaired) electrons. The van der Waals surface area contributed by atoms with E-state index in [2.05, 4.69) is 22.7 Å². The predicted octanol–water partition coefficient (Wildman–Crippen LogP) is 2.73. The third kappa shape index (κ3) is 4.08. The molecule has 5 heteroatoms. The number of nitrogens with zero attached hydrogens (tertiary/aromatic N) is 2. The smallest absolute Gasteiger partial charge is 0.251 e. The second-order valence-corrected chi connectivity index (χ2v) is 5.52. The Hall–Kier alpha value is -2.30. The minimum absolute atomic E-state index is 0.0531. The van der Waals surface area contributed by atoms with Crippen LogP contribution in [0.3, 0.4) is 0 Å². The molecule has 21 heavy (non-hydrogen) atoms. The highest BCUT2D eigenvalue weighted by atomic mass is 16.1. The number of rotatable bonds is 5. The first-order valence-corrected chi connectivity index (χ1v) is 7.11. The van der Waals surface area contributed by atoms with E-state index in [-0.39, 0.29) is 18.0 Å². The van der Waals surface area contributed by atoms with Crippen LogP contribution in [0.25, 0.3) is 0 Å². The predicted molar refractivity (Wildman–Crippen MR) is 84.3 cm³/mol. The molecule has 0 aliphatic rings. The maximum Gasteiger partial charge on any atom is 0.251 e. The maximum absolute atomic E-state index is 12.0. The largest absolute Gasteiger partial charge is 0.378 e. The molecule has 1 aromatic carbocycles. The molecule has 1 unspecified atom stereocenters. The van der Waals surface area contributed by atoms with Crippen LogP contribution < -0.4 is 10.6 Å². The fourth-order valence-corrected chi connectivity index (χ4v) is 2.09. The van der Waals surface area contributed by atoms with Gasteiger partial charge in [-0.2, -0.15) is 5.10 Å². The topological polar surface area (TPSA) is 59.0 Å². The van der Waals surface area contributed by atoms with Crippen molar-refractivity contribution in [1.82, 2.24) is 15.1 Å². The van der Waals surface area contributed by atoms with Crippen molar-refractivity contribution in [3.63, 3.8) is 0 Å². The van der Waals surface area contributed by atoms with Crippen LogP contribution >= 0.6 is 0 Å². The molecule has 112 valence electrons. The van der Waals surface area contributed by atoms with Crippen LogP contribution in [0.2, 0.25) is 0 Å². The van der Waals surface area contributed by atoms with Crippen LogP contribution in [-0.4, -0.2) is 21.7 Å². The molecule has 1 atom stereocenters. The summed E-state index contributed by atoms with van der Waals surface area (Å²) in [6.07, 6.45) is 3.82. The average Bonchev–Trinajstić information content (AvgIpc) is 2.85. The average molecular weight is 286 g/mol. The number of carbonyl (C=O) groups excluding carboxylic acids is 1. The third-order valence-electron chi connectivity index (χ3n) is 3.15. The van der Waals surface area contributed by atoms with Crippen LogP contribution in [0, 0.1) is 0 Å². The number of amides is 1. The van der Waals surface area contributed by atoms with E-state index in [4.69, 9.17) is 0 Å². The van der Waals surface area contributed by atoms with Gasteiger partial charge >= 0.3 is 0 Å². The molecule has 0 saturated carbocycles. The number of hydrogen-bond donors (Lipinski definition) is 2. The van der Waals surface area contributed by atoms with Crippen molar-refractivity contribution in [3.8, 4) is 0 Å². The van der Waals surface area contributed by atoms with E-state index in [9.17, 15) is 4.79 Å². The van der Waals surface area contributed by atoms with E-state index in [1.54, 1.807) is 4.68 Å². The Labute approximate surface area is 125 Å². The molecule has 2 rings (SSSR count). The summed E-state index contributed by atoms with van der Waals surface area (Å²) < 4.78 is 1.78. The first-order valence-electron chi connectivity index (χ1n) is 7.11. The lowest BCUT2D eigenvalue weighted by Crippen LogP contribution is -2.30. The van der Waals surface area contributed by atoms with E-state index in [0.29, 0.717) is 5.56 Å². The van der Waals surface area contributed by atoms with E-state index in [1.807, 2.05) is 57.6 Å². The minimum atomic E-state index is -0.0531. The fraction of sp³-hybridized carbons (Fsp3) is 0.375. The van der Waals surface area contributed by atoms with Crippen molar-refractivity contribution in [3.05, 3.63) is 47.8 Å². The lowest BCUT2D eigenvalue weighted by atomic mass is 10.1. The van der Waals surface area contributed by atoms with Gasteiger partial charge in [-0.05, 0) is 39.0 Å². The van der Waals surface area contributed by atoms with Crippen LogP contribution in [0.1, 0.15) is 42.7 Å². The standard InChI is InChI=1S/C16H22N4O/c1-11(2)18-16(21)13-6-5-7-15(8-13)19-12(3)14-9-17-20(4)10-14/h5-12,19H,1-4H3,(H,18,21). The van der Waals surface area contributed by atoms with Gasteiger partial charge in [-0.15, -0.1) is 0 Å². The molecular formula is C16H22N4O. The Morgan fingerprint density at radius 3 is 2.67 bits per heavy atom. The number of aryl methyl sites for hydroxylation is 1. The fourth-order valence-electron chi connectivity index (χ4n) is 2.09. The Balaban J connectivity index is 2.09. The number of anilines is 1. The van der Waals surface area contributed by atoms with Gasteiger partial charge in [-0.25, -0.2) is 0 Å².